The molecule has 0 atom stereocenters. The van der Waals surface area contributed by atoms with Gasteiger partial charge in [0.1, 0.15) is 5.75 Å². The van der Waals surface area contributed by atoms with Crippen LogP contribution in [0.2, 0.25) is 0 Å². The average molecular weight is 320 g/mol. The van der Waals surface area contributed by atoms with E-state index in [0.717, 1.165) is 6.07 Å². The van der Waals surface area contributed by atoms with E-state index in [0.29, 0.717) is 5.56 Å². The van der Waals surface area contributed by atoms with Gasteiger partial charge in [-0.15, -0.1) is 0 Å². The summed E-state index contributed by atoms with van der Waals surface area (Å²) in [5.41, 5.74) is 0.462. The fourth-order valence-electron chi connectivity index (χ4n) is 1.26. The molecule has 0 aliphatic rings. The van der Waals surface area contributed by atoms with Crippen LogP contribution in [0.1, 0.15) is 11.1 Å². The zero-order valence-electron chi connectivity index (χ0n) is 9.25. The van der Waals surface area contributed by atoms with Crippen molar-refractivity contribution >= 4 is 21.9 Å². The molecule has 0 aromatic heterocycles. The van der Waals surface area contributed by atoms with Crippen molar-refractivity contribution < 1.29 is 23.0 Å². The summed E-state index contributed by atoms with van der Waals surface area (Å²) >= 11 is 3.06. The van der Waals surface area contributed by atoms with Crippen LogP contribution in [0.3, 0.4) is 0 Å². The summed E-state index contributed by atoms with van der Waals surface area (Å²) in [5.74, 6) is -0.739. The van der Waals surface area contributed by atoms with E-state index in [9.17, 15) is 13.6 Å². The second-order valence-electron chi connectivity index (χ2n) is 3.19. The molecule has 0 amide bonds. The van der Waals surface area contributed by atoms with Gasteiger partial charge >= 0.3 is 12.6 Å². The van der Waals surface area contributed by atoms with E-state index < -0.39 is 12.6 Å². The standard InChI is InChI=1S/C11H8BrF2NO3/c1-17-9(16)4-7-2-6(5-15)3-8(10(7)12)18-11(13)14/h2-3,11H,4H2,1H3. The monoisotopic (exact) mass is 319 g/mol. The number of benzene rings is 1. The van der Waals surface area contributed by atoms with Crippen molar-refractivity contribution in [3.8, 4) is 11.8 Å². The lowest BCUT2D eigenvalue weighted by molar-refractivity contribution is -0.139. The SMILES string of the molecule is COC(=O)Cc1cc(C#N)cc(OC(F)F)c1Br. The van der Waals surface area contributed by atoms with Crippen LogP contribution in [0, 0.1) is 11.3 Å². The fraction of sp³-hybridized carbons (Fsp3) is 0.273. The number of nitriles is 1. The molecule has 0 aliphatic heterocycles. The first-order valence-corrected chi connectivity index (χ1v) is 5.51. The van der Waals surface area contributed by atoms with Crippen LogP contribution >= 0.6 is 15.9 Å². The third kappa shape index (κ3) is 3.67. The Morgan fingerprint density at radius 1 is 1.56 bits per heavy atom. The van der Waals surface area contributed by atoms with Crippen molar-refractivity contribution in [1.29, 1.82) is 5.26 Å². The number of alkyl halides is 2. The average Bonchev–Trinajstić information content (AvgIpc) is 2.33. The Labute approximate surface area is 110 Å². The van der Waals surface area contributed by atoms with Gasteiger partial charge in [-0.3, -0.25) is 4.79 Å². The van der Waals surface area contributed by atoms with E-state index in [4.69, 9.17) is 5.26 Å². The third-order valence-electron chi connectivity index (χ3n) is 2.02. The Morgan fingerprint density at radius 3 is 2.72 bits per heavy atom. The van der Waals surface area contributed by atoms with Crippen molar-refractivity contribution in [2.45, 2.75) is 13.0 Å². The highest BCUT2D eigenvalue weighted by Gasteiger charge is 2.16. The molecule has 0 unspecified atom stereocenters. The lowest BCUT2D eigenvalue weighted by Gasteiger charge is -2.11. The first-order chi connectivity index (χ1) is 8.47. The molecule has 0 saturated heterocycles. The van der Waals surface area contributed by atoms with Gasteiger partial charge in [-0.05, 0) is 33.6 Å². The number of hydrogen-bond acceptors (Lipinski definition) is 4. The molecule has 0 aliphatic carbocycles. The minimum Gasteiger partial charge on any atom is -0.469 e. The third-order valence-corrected chi connectivity index (χ3v) is 2.92. The summed E-state index contributed by atoms with van der Waals surface area (Å²) in [7, 11) is 1.21. The minimum absolute atomic E-state index is 0.118. The number of hydrogen-bond donors (Lipinski definition) is 0. The van der Waals surface area contributed by atoms with Gasteiger partial charge in [-0.2, -0.15) is 14.0 Å². The molecule has 0 bridgehead atoms. The lowest BCUT2D eigenvalue weighted by atomic mass is 10.1. The highest BCUT2D eigenvalue weighted by molar-refractivity contribution is 9.10. The highest BCUT2D eigenvalue weighted by atomic mass is 79.9. The molecule has 18 heavy (non-hydrogen) atoms. The number of rotatable bonds is 4. The predicted octanol–water partition coefficient (Wildman–Crippen LogP) is 2.64. The van der Waals surface area contributed by atoms with E-state index in [1.165, 1.54) is 13.2 Å². The Kier molecular flexibility index (Phi) is 5.04. The summed E-state index contributed by atoms with van der Waals surface area (Å²) in [5, 5.41) is 8.78. The highest BCUT2D eigenvalue weighted by Crippen LogP contribution is 2.32. The van der Waals surface area contributed by atoms with Crippen LogP contribution in [0.15, 0.2) is 16.6 Å². The van der Waals surface area contributed by atoms with Gasteiger partial charge in [0.25, 0.3) is 0 Å². The Hall–Kier alpha value is -1.68. The molecule has 1 aromatic carbocycles. The maximum absolute atomic E-state index is 12.2. The van der Waals surface area contributed by atoms with Crippen LogP contribution in [-0.4, -0.2) is 19.7 Å². The molecule has 4 nitrogen and oxygen atoms in total. The Bertz CT molecular complexity index is 500. The number of carbonyl (C=O) groups is 1. The van der Waals surface area contributed by atoms with Crippen LogP contribution in [-0.2, 0) is 16.0 Å². The number of halogens is 3. The van der Waals surface area contributed by atoms with Crippen LogP contribution in [0.25, 0.3) is 0 Å². The molecule has 1 aromatic rings. The number of ether oxygens (including phenoxy) is 2. The molecule has 0 fully saturated rings. The van der Waals surface area contributed by atoms with Gasteiger partial charge in [0, 0.05) is 0 Å². The van der Waals surface area contributed by atoms with Crippen LogP contribution < -0.4 is 4.74 Å². The molecule has 7 heteroatoms. The molecule has 0 saturated carbocycles. The number of carbonyl (C=O) groups excluding carboxylic acids is 1. The summed E-state index contributed by atoms with van der Waals surface area (Å²) in [6.07, 6.45) is -0.147. The number of esters is 1. The minimum atomic E-state index is -3.01. The number of methoxy groups -OCH3 is 1. The van der Waals surface area contributed by atoms with Gasteiger partial charge < -0.3 is 9.47 Å². The second kappa shape index (κ2) is 6.31. The fourth-order valence-corrected chi connectivity index (χ4v) is 1.72. The maximum atomic E-state index is 12.2. The first kappa shape index (κ1) is 14.4. The Balaban J connectivity index is 3.17. The molecule has 0 heterocycles. The largest absolute Gasteiger partial charge is 0.469 e. The van der Waals surface area contributed by atoms with Gasteiger partial charge in [0.05, 0.1) is 29.6 Å². The van der Waals surface area contributed by atoms with Gasteiger partial charge in [0.15, 0.2) is 0 Å². The van der Waals surface area contributed by atoms with Crippen molar-refractivity contribution in [2.24, 2.45) is 0 Å². The first-order valence-electron chi connectivity index (χ1n) is 4.72. The lowest BCUT2D eigenvalue weighted by Crippen LogP contribution is -2.08. The summed E-state index contributed by atoms with van der Waals surface area (Å²) in [4.78, 5) is 11.2. The summed E-state index contributed by atoms with van der Waals surface area (Å²) in [6.45, 7) is -3.01. The van der Waals surface area contributed by atoms with Crippen LogP contribution in [0.5, 0.6) is 5.75 Å². The normalized spacial score (nSPS) is 10.0. The van der Waals surface area contributed by atoms with Crippen molar-refractivity contribution in [3.05, 3.63) is 27.7 Å². The maximum Gasteiger partial charge on any atom is 0.387 e. The number of nitrogens with zero attached hydrogens (tertiary/aromatic N) is 1. The predicted molar refractivity (Wildman–Crippen MR) is 61.2 cm³/mol. The zero-order valence-corrected chi connectivity index (χ0v) is 10.8. The Morgan fingerprint density at radius 2 is 2.22 bits per heavy atom. The molecule has 1 rings (SSSR count). The molecule has 0 spiro atoms. The van der Waals surface area contributed by atoms with E-state index >= 15 is 0 Å². The van der Waals surface area contributed by atoms with Crippen molar-refractivity contribution in [2.75, 3.05) is 7.11 Å². The zero-order chi connectivity index (χ0) is 13.7. The smallest absolute Gasteiger partial charge is 0.387 e. The van der Waals surface area contributed by atoms with E-state index in [1.807, 2.05) is 0 Å². The molecule has 96 valence electrons. The second-order valence-corrected chi connectivity index (χ2v) is 3.98. The molecular weight excluding hydrogens is 312 g/mol. The molecule has 0 N–H and O–H groups in total. The van der Waals surface area contributed by atoms with E-state index in [-0.39, 0.29) is 22.2 Å². The molecule has 0 radical (unpaired) electrons. The van der Waals surface area contributed by atoms with Gasteiger partial charge in [-0.25, -0.2) is 0 Å². The summed E-state index contributed by atoms with van der Waals surface area (Å²) in [6, 6.07) is 4.37. The van der Waals surface area contributed by atoms with E-state index in [2.05, 4.69) is 25.4 Å². The van der Waals surface area contributed by atoms with Crippen molar-refractivity contribution in [3.63, 3.8) is 0 Å². The van der Waals surface area contributed by atoms with Gasteiger partial charge in [0.2, 0.25) is 0 Å². The van der Waals surface area contributed by atoms with Gasteiger partial charge in [-0.1, -0.05) is 0 Å². The molecular formula is C11H8BrF2NO3. The van der Waals surface area contributed by atoms with Crippen molar-refractivity contribution in [1.82, 2.24) is 0 Å². The topological polar surface area (TPSA) is 59.3 Å². The quantitative estimate of drug-likeness (QED) is 0.800. The van der Waals surface area contributed by atoms with E-state index in [1.54, 1.807) is 6.07 Å². The van der Waals surface area contributed by atoms with Crippen LogP contribution in [0.4, 0.5) is 8.78 Å². The summed E-state index contributed by atoms with van der Waals surface area (Å²) < 4.78 is 33.3.